The molecule has 0 radical (unpaired) electrons. The van der Waals surface area contributed by atoms with Crippen molar-refractivity contribution in [2.45, 2.75) is 71.7 Å². The maximum absolute atomic E-state index is 12.7. The summed E-state index contributed by atoms with van der Waals surface area (Å²) in [4.78, 5) is 27.2. The van der Waals surface area contributed by atoms with E-state index in [4.69, 9.17) is 4.74 Å². The van der Waals surface area contributed by atoms with Gasteiger partial charge in [0.05, 0.1) is 0 Å². The summed E-state index contributed by atoms with van der Waals surface area (Å²) in [5.41, 5.74) is 0.722. The average molecular weight is 390 g/mol. The molecule has 1 aliphatic rings. The maximum Gasteiger partial charge on any atom is 0.408 e. The van der Waals surface area contributed by atoms with E-state index in [2.05, 4.69) is 39.8 Å². The summed E-state index contributed by atoms with van der Waals surface area (Å²) < 4.78 is 5.29. The Balaban J connectivity index is 1.81. The van der Waals surface area contributed by atoms with E-state index < -0.39 is 17.7 Å². The van der Waals surface area contributed by atoms with Crippen LogP contribution >= 0.6 is 0 Å². The Morgan fingerprint density at radius 1 is 1.14 bits per heavy atom. The van der Waals surface area contributed by atoms with Gasteiger partial charge in [-0.15, -0.1) is 0 Å². The minimum atomic E-state index is -0.600. The van der Waals surface area contributed by atoms with E-state index in [1.54, 1.807) is 20.8 Å². The Morgan fingerprint density at radius 2 is 1.75 bits per heavy atom. The number of ether oxygens (including phenoxy) is 1. The lowest BCUT2D eigenvalue weighted by Gasteiger charge is -2.33. The second-order valence-corrected chi connectivity index (χ2v) is 8.91. The van der Waals surface area contributed by atoms with Crippen LogP contribution in [0.25, 0.3) is 0 Å². The summed E-state index contributed by atoms with van der Waals surface area (Å²) in [5, 5.41) is 5.84. The molecule has 1 aromatic rings. The number of hydrogen-bond acceptors (Lipinski definition) is 4. The van der Waals surface area contributed by atoms with Crippen molar-refractivity contribution in [2.24, 2.45) is 5.92 Å². The van der Waals surface area contributed by atoms with Crippen molar-refractivity contribution in [3.05, 3.63) is 35.9 Å². The third-order valence-electron chi connectivity index (χ3n) is 4.80. The van der Waals surface area contributed by atoms with Gasteiger partial charge in [0.1, 0.15) is 11.6 Å². The van der Waals surface area contributed by atoms with Crippen LogP contribution in [0, 0.1) is 5.92 Å². The molecule has 0 bridgehead atoms. The second kappa shape index (κ2) is 9.92. The highest BCUT2D eigenvalue weighted by Gasteiger charge is 2.29. The SMILES string of the molecule is CC(C)[C@H](NC(=O)OC(C)(C)C)C(=O)NC1CCN(Cc2ccccc2)CC1. The molecule has 28 heavy (non-hydrogen) atoms. The molecule has 1 heterocycles. The highest BCUT2D eigenvalue weighted by molar-refractivity contribution is 5.86. The molecule has 0 unspecified atom stereocenters. The van der Waals surface area contributed by atoms with Gasteiger partial charge < -0.3 is 15.4 Å². The highest BCUT2D eigenvalue weighted by Crippen LogP contribution is 2.15. The van der Waals surface area contributed by atoms with Gasteiger partial charge in [-0.3, -0.25) is 9.69 Å². The fourth-order valence-corrected chi connectivity index (χ4v) is 3.34. The lowest BCUT2D eigenvalue weighted by molar-refractivity contribution is -0.125. The zero-order chi connectivity index (χ0) is 20.7. The smallest absolute Gasteiger partial charge is 0.408 e. The lowest BCUT2D eigenvalue weighted by atomic mass is 10.0. The third kappa shape index (κ3) is 7.50. The monoisotopic (exact) mass is 389 g/mol. The fourth-order valence-electron chi connectivity index (χ4n) is 3.34. The van der Waals surface area contributed by atoms with Crippen molar-refractivity contribution in [3.63, 3.8) is 0 Å². The first-order valence-electron chi connectivity index (χ1n) is 10.2. The average Bonchev–Trinajstić information content (AvgIpc) is 2.60. The number of likely N-dealkylation sites (tertiary alicyclic amines) is 1. The lowest BCUT2D eigenvalue weighted by Crippen LogP contribution is -2.54. The number of amides is 2. The van der Waals surface area contributed by atoms with Crippen molar-refractivity contribution in [1.82, 2.24) is 15.5 Å². The molecule has 1 fully saturated rings. The van der Waals surface area contributed by atoms with Crippen LogP contribution in [-0.2, 0) is 16.1 Å². The normalized spacial score (nSPS) is 17.2. The van der Waals surface area contributed by atoms with Crippen LogP contribution in [0.3, 0.4) is 0 Å². The van der Waals surface area contributed by atoms with Crippen LogP contribution in [0.5, 0.6) is 0 Å². The minimum absolute atomic E-state index is 0.0225. The summed E-state index contributed by atoms with van der Waals surface area (Å²) in [7, 11) is 0. The van der Waals surface area contributed by atoms with Gasteiger partial charge in [0.2, 0.25) is 5.91 Å². The number of alkyl carbamates (subject to hydrolysis) is 1. The second-order valence-electron chi connectivity index (χ2n) is 8.91. The molecule has 2 rings (SSSR count). The fraction of sp³-hybridized carbons (Fsp3) is 0.636. The molecule has 1 aliphatic heterocycles. The summed E-state index contributed by atoms with van der Waals surface area (Å²) in [5.74, 6) is -0.159. The Labute approximate surface area is 169 Å². The van der Waals surface area contributed by atoms with Gasteiger partial charge in [-0.25, -0.2) is 4.79 Å². The number of piperidine rings is 1. The first-order chi connectivity index (χ1) is 13.1. The molecule has 0 aromatic heterocycles. The van der Waals surface area contributed by atoms with Crippen LogP contribution in [0.15, 0.2) is 30.3 Å². The number of hydrogen-bond donors (Lipinski definition) is 2. The van der Waals surface area contributed by atoms with Gasteiger partial charge in [0.15, 0.2) is 0 Å². The molecule has 0 saturated carbocycles. The molecular formula is C22H35N3O3. The topological polar surface area (TPSA) is 70.7 Å². The quantitative estimate of drug-likeness (QED) is 0.783. The zero-order valence-electron chi connectivity index (χ0n) is 17.8. The van der Waals surface area contributed by atoms with E-state index in [0.29, 0.717) is 0 Å². The van der Waals surface area contributed by atoms with Crippen molar-refractivity contribution in [1.29, 1.82) is 0 Å². The largest absolute Gasteiger partial charge is 0.444 e. The minimum Gasteiger partial charge on any atom is -0.444 e. The first kappa shape index (κ1) is 22.2. The van der Waals surface area contributed by atoms with Crippen molar-refractivity contribution in [2.75, 3.05) is 13.1 Å². The molecule has 2 N–H and O–H groups in total. The highest BCUT2D eigenvalue weighted by atomic mass is 16.6. The van der Waals surface area contributed by atoms with E-state index >= 15 is 0 Å². The van der Waals surface area contributed by atoms with E-state index in [9.17, 15) is 9.59 Å². The Hall–Kier alpha value is -2.08. The molecule has 156 valence electrons. The predicted octanol–water partition coefficient (Wildman–Crippen LogP) is 3.32. The van der Waals surface area contributed by atoms with Gasteiger partial charge >= 0.3 is 6.09 Å². The molecule has 0 spiro atoms. The number of benzene rings is 1. The van der Waals surface area contributed by atoms with Crippen LogP contribution in [0.1, 0.15) is 53.0 Å². The first-order valence-corrected chi connectivity index (χ1v) is 10.2. The number of nitrogens with zero attached hydrogens (tertiary/aromatic N) is 1. The summed E-state index contributed by atoms with van der Waals surface area (Å²) in [6.07, 6.45) is 1.27. The van der Waals surface area contributed by atoms with Gasteiger partial charge in [0.25, 0.3) is 0 Å². The van der Waals surface area contributed by atoms with Crippen LogP contribution in [-0.4, -0.2) is 47.7 Å². The Kier molecular flexibility index (Phi) is 7.87. The Morgan fingerprint density at radius 3 is 2.29 bits per heavy atom. The summed E-state index contributed by atoms with van der Waals surface area (Å²) >= 11 is 0. The number of nitrogens with one attached hydrogen (secondary N) is 2. The molecule has 1 aromatic carbocycles. The molecule has 2 amide bonds. The van der Waals surface area contributed by atoms with Crippen molar-refractivity contribution >= 4 is 12.0 Å². The van der Waals surface area contributed by atoms with E-state index in [1.807, 2.05) is 19.9 Å². The zero-order valence-corrected chi connectivity index (χ0v) is 17.8. The number of carbonyl (C=O) groups excluding carboxylic acids is 2. The molecule has 1 atom stereocenters. The number of carbonyl (C=O) groups is 2. The van der Waals surface area contributed by atoms with E-state index in [1.165, 1.54) is 5.56 Å². The molecular weight excluding hydrogens is 354 g/mol. The van der Waals surface area contributed by atoms with Crippen molar-refractivity contribution < 1.29 is 14.3 Å². The van der Waals surface area contributed by atoms with Crippen LogP contribution in [0.4, 0.5) is 4.79 Å². The van der Waals surface area contributed by atoms with Gasteiger partial charge in [0, 0.05) is 25.7 Å². The van der Waals surface area contributed by atoms with Gasteiger partial charge in [-0.1, -0.05) is 44.2 Å². The summed E-state index contributed by atoms with van der Waals surface area (Å²) in [6, 6.07) is 9.98. The van der Waals surface area contributed by atoms with Crippen molar-refractivity contribution in [3.8, 4) is 0 Å². The predicted molar refractivity (Wildman–Crippen MR) is 111 cm³/mol. The van der Waals surface area contributed by atoms with Gasteiger partial charge in [-0.2, -0.15) is 0 Å². The summed E-state index contributed by atoms with van der Waals surface area (Å²) in [6.45, 7) is 12.1. The van der Waals surface area contributed by atoms with Gasteiger partial charge in [-0.05, 0) is 45.1 Å². The number of rotatable bonds is 6. The van der Waals surface area contributed by atoms with Crippen LogP contribution < -0.4 is 10.6 Å². The standard InChI is InChI=1S/C22H35N3O3/c1-16(2)19(24-21(27)28-22(3,4)5)20(26)23-18-11-13-25(14-12-18)15-17-9-7-6-8-10-17/h6-10,16,18-19H,11-15H2,1-5H3,(H,23,26)(H,24,27)/t19-/m0/s1. The van der Waals surface area contributed by atoms with E-state index in [0.717, 1.165) is 32.5 Å². The molecule has 6 nitrogen and oxygen atoms in total. The molecule has 1 saturated heterocycles. The molecule has 6 heteroatoms. The Bertz CT molecular complexity index is 632. The van der Waals surface area contributed by atoms with Crippen LogP contribution in [0.2, 0.25) is 0 Å². The molecule has 0 aliphatic carbocycles. The third-order valence-corrected chi connectivity index (χ3v) is 4.80. The van der Waals surface area contributed by atoms with E-state index in [-0.39, 0.29) is 17.9 Å². The maximum atomic E-state index is 12.7.